The number of carbonyl (C=O) groups is 1. The van der Waals surface area contributed by atoms with Gasteiger partial charge in [-0.1, -0.05) is 12.8 Å². The highest BCUT2D eigenvalue weighted by molar-refractivity contribution is 5.94. The van der Waals surface area contributed by atoms with Crippen molar-refractivity contribution in [2.75, 3.05) is 13.7 Å². The molecule has 130 valence electrons. The molecule has 5 nitrogen and oxygen atoms in total. The first-order valence-electron chi connectivity index (χ1n) is 8.28. The monoisotopic (exact) mass is 342 g/mol. The topological polar surface area (TPSA) is 68.7 Å². The Labute approximate surface area is 143 Å². The highest BCUT2D eigenvalue weighted by Crippen LogP contribution is 2.56. The summed E-state index contributed by atoms with van der Waals surface area (Å²) in [6.07, 6.45) is 7.58. The number of nitrogens with zero attached hydrogens (tertiary/aromatic N) is 1. The maximum absolute atomic E-state index is 12.7. The standard InChI is InChI=1S/C17H26N2O3.ClH/c1-3-21-15-9-14(17(15)6-4-5-7-17)19(2)16(20)12-8-13(10-18)22-11-12;/h8,11,14-15H,3-7,9-10,18H2,1-2H3;1H. The number of furan rings is 1. The van der Waals surface area contributed by atoms with E-state index < -0.39 is 0 Å². The SMILES string of the molecule is CCOC1CC(N(C)C(=O)c2coc(CN)c2)C12CCCC2.Cl. The van der Waals surface area contributed by atoms with Crippen LogP contribution in [0, 0.1) is 5.41 Å². The van der Waals surface area contributed by atoms with E-state index in [1.807, 2.05) is 18.9 Å². The normalized spacial score (nSPS) is 25.0. The van der Waals surface area contributed by atoms with Crippen LogP contribution in [0.15, 0.2) is 16.7 Å². The highest BCUT2D eigenvalue weighted by atomic mass is 35.5. The molecule has 1 spiro atoms. The number of rotatable bonds is 5. The van der Waals surface area contributed by atoms with Crippen molar-refractivity contribution < 1.29 is 13.9 Å². The molecular formula is C17H27ClN2O3. The van der Waals surface area contributed by atoms with E-state index in [0.29, 0.717) is 24.0 Å². The summed E-state index contributed by atoms with van der Waals surface area (Å²) < 4.78 is 11.2. The summed E-state index contributed by atoms with van der Waals surface area (Å²) in [4.78, 5) is 14.6. The van der Waals surface area contributed by atoms with E-state index >= 15 is 0 Å². The smallest absolute Gasteiger partial charge is 0.257 e. The van der Waals surface area contributed by atoms with E-state index in [1.165, 1.54) is 31.9 Å². The Morgan fingerprint density at radius 3 is 2.74 bits per heavy atom. The molecule has 2 N–H and O–H groups in total. The van der Waals surface area contributed by atoms with Crippen molar-refractivity contribution in [3.8, 4) is 0 Å². The molecule has 2 fully saturated rings. The van der Waals surface area contributed by atoms with Gasteiger partial charge < -0.3 is 19.8 Å². The van der Waals surface area contributed by atoms with Gasteiger partial charge in [0.05, 0.1) is 18.2 Å². The van der Waals surface area contributed by atoms with Gasteiger partial charge in [-0.15, -0.1) is 12.4 Å². The van der Waals surface area contributed by atoms with Gasteiger partial charge in [-0.2, -0.15) is 0 Å². The van der Waals surface area contributed by atoms with Crippen LogP contribution in [0.25, 0.3) is 0 Å². The van der Waals surface area contributed by atoms with Crippen molar-refractivity contribution in [1.82, 2.24) is 4.90 Å². The first-order chi connectivity index (χ1) is 10.6. The van der Waals surface area contributed by atoms with Crippen LogP contribution in [-0.2, 0) is 11.3 Å². The lowest BCUT2D eigenvalue weighted by Gasteiger charge is -2.56. The number of nitrogens with two attached hydrogens (primary N) is 1. The Hall–Kier alpha value is -1.04. The lowest BCUT2D eigenvalue weighted by Crippen LogP contribution is -2.63. The number of hydrogen-bond donors (Lipinski definition) is 1. The third-order valence-electron chi connectivity index (χ3n) is 5.53. The molecule has 1 amide bonds. The van der Waals surface area contributed by atoms with Crippen LogP contribution >= 0.6 is 12.4 Å². The molecule has 2 saturated carbocycles. The van der Waals surface area contributed by atoms with E-state index in [0.717, 1.165) is 13.0 Å². The molecule has 23 heavy (non-hydrogen) atoms. The second-order valence-corrected chi connectivity index (χ2v) is 6.56. The van der Waals surface area contributed by atoms with Gasteiger partial charge >= 0.3 is 0 Å². The quantitative estimate of drug-likeness (QED) is 0.893. The Morgan fingerprint density at radius 1 is 1.48 bits per heavy atom. The summed E-state index contributed by atoms with van der Waals surface area (Å²) >= 11 is 0. The lowest BCUT2D eigenvalue weighted by molar-refractivity contribution is -0.152. The number of carbonyl (C=O) groups excluding carboxylic acids is 1. The van der Waals surface area contributed by atoms with E-state index in [-0.39, 0.29) is 29.8 Å². The third kappa shape index (κ3) is 3.02. The van der Waals surface area contributed by atoms with Crippen molar-refractivity contribution in [3.05, 3.63) is 23.7 Å². The Kier molecular flexibility index (Phi) is 5.76. The molecule has 0 aromatic carbocycles. The van der Waals surface area contributed by atoms with Crippen LogP contribution in [0.2, 0.25) is 0 Å². The van der Waals surface area contributed by atoms with Crippen LogP contribution in [0.4, 0.5) is 0 Å². The summed E-state index contributed by atoms with van der Waals surface area (Å²) in [5.41, 5.74) is 6.31. The summed E-state index contributed by atoms with van der Waals surface area (Å²) in [6.45, 7) is 3.11. The second-order valence-electron chi connectivity index (χ2n) is 6.56. The zero-order valence-corrected chi connectivity index (χ0v) is 14.7. The van der Waals surface area contributed by atoms with Gasteiger partial charge in [-0.3, -0.25) is 4.79 Å². The predicted octanol–water partition coefficient (Wildman–Crippen LogP) is 2.97. The zero-order valence-electron chi connectivity index (χ0n) is 13.9. The minimum Gasteiger partial charge on any atom is -0.467 e. The van der Waals surface area contributed by atoms with Gasteiger partial charge in [0.2, 0.25) is 0 Å². The molecule has 2 atom stereocenters. The van der Waals surface area contributed by atoms with Crippen molar-refractivity contribution in [2.24, 2.45) is 11.1 Å². The van der Waals surface area contributed by atoms with Gasteiger partial charge in [0.25, 0.3) is 5.91 Å². The first-order valence-corrected chi connectivity index (χ1v) is 8.28. The van der Waals surface area contributed by atoms with Crippen molar-refractivity contribution in [3.63, 3.8) is 0 Å². The predicted molar refractivity (Wildman–Crippen MR) is 90.7 cm³/mol. The molecule has 0 aliphatic heterocycles. The molecule has 2 aliphatic carbocycles. The fourth-order valence-corrected chi connectivity index (χ4v) is 4.34. The van der Waals surface area contributed by atoms with Crippen LogP contribution in [0.5, 0.6) is 0 Å². The van der Waals surface area contributed by atoms with E-state index in [2.05, 4.69) is 0 Å². The molecule has 1 heterocycles. The Bertz CT molecular complexity index is 540. The fraction of sp³-hybridized carbons (Fsp3) is 0.706. The lowest BCUT2D eigenvalue weighted by atomic mass is 9.60. The molecule has 3 rings (SSSR count). The van der Waals surface area contributed by atoms with E-state index in [1.54, 1.807) is 6.07 Å². The maximum atomic E-state index is 12.7. The highest BCUT2D eigenvalue weighted by Gasteiger charge is 2.58. The first kappa shape index (κ1) is 18.3. The van der Waals surface area contributed by atoms with Crippen LogP contribution in [0.1, 0.15) is 55.1 Å². The molecule has 2 unspecified atom stereocenters. The fourth-order valence-electron chi connectivity index (χ4n) is 4.34. The van der Waals surface area contributed by atoms with Crippen LogP contribution < -0.4 is 5.73 Å². The van der Waals surface area contributed by atoms with Crippen LogP contribution in [-0.4, -0.2) is 36.6 Å². The second kappa shape index (κ2) is 7.24. The zero-order chi connectivity index (χ0) is 15.7. The minimum atomic E-state index is 0. The number of amides is 1. The van der Waals surface area contributed by atoms with Gasteiger partial charge in [0.15, 0.2) is 0 Å². The van der Waals surface area contributed by atoms with E-state index in [9.17, 15) is 4.79 Å². The summed E-state index contributed by atoms with van der Waals surface area (Å²) in [5.74, 6) is 0.669. The van der Waals surface area contributed by atoms with Crippen molar-refractivity contribution in [1.29, 1.82) is 0 Å². The third-order valence-corrected chi connectivity index (χ3v) is 5.53. The minimum absolute atomic E-state index is 0. The van der Waals surface area contributed by atoms with Crippen molar-refractivity contribution >= 4 is 18.3 Å². The summed E-state index contributed by atoms with van der Waals surface area (Å²) in [6, 6.07) is 2.02. The van der Waals surface area contributed by atoms with Gasteiger partial charge in [-0.25, -0.2) is 0 Å². The average Bonchev–Trinajstić information content (AvgIpc) is 3.19. The molecule has 0 saturated heterocycles. The molecule has 1 aromatic rings. The van der Waals surface area contributed by atoms with Crippen molar-refractivity contribution in [2.45, 2.75) is 57.7 Å². The number of ether oxygens (including phenoxy) is 1. The van der Waals surface area contributed by atoms with Crippen LogP contribution in [0.3, 0.4) is 0 Å². The summed E-state index contributed by atoms with van der Waals surface area (Å²) in [7, 11) is 1.91. The molecule has 0 bridgehead atoms. The Balaban J connectivity index is 0.00000192. The maximum Gasteiger partial charge on any atom is 0.257 e. The van der Waals surface area contributed by atoms with Gasteiger partial charge in [0.1, 0.15) is 12.0 Å². The Morgan fingerprint density at radius 2 is 2.17 bits per heavy atom. The number of hydrogen-bond acceptors (Lipinski definition) is 4. The largest absolute Gasteiger partial charge is 0.467 e. The van der Waals surface area contributed by atoms with Gasteiger partial charge in [0, 0.05) is 25.1 Å². The molecule has 1 aromatic heterocycles. The molecule has 2 aliphatic rings. The molecule has 6 heteroatoms. The molecule has 0 radical (unpaired) electrons. The molecular weight excluding hydrogens is 316 g/mol. The van der Waals surface area contributed by atoms with Gasteiger partial charge in [-0.05, 0) is 32.3 Å². The van der Waals surface area contributed by atoms with E-state index in [4.69, 9.17) is 14.9 Å². The average molecular weight is 343 g/mol. The summed E-state index contributed by atoms with van der Waals surface area (Å²) in [5, 5.41) is 0. The number of halogens is 1.